The largest absolute Gasteiger partial charge is 0.490 e. The van der Waals surface area contributed by atoms with E-state index < -0.39 is 31.1 Å². The van der Waals surface area contributed by atoms with Crippen molar-refractivity contribution in [1.29, 1.82) is 0 Å². The van der Waals surface area contributed by atoms with Crippen LogP contribution in [0.5, 0.6) is 23.1 Å². The van der Waals surface area contributed by atoms with E-state index in [9.17, 15) is 18.9 Å². The Hall–Kier alpha value is -5.09. The minimum absolute atomic E-state index is 0.0236. The minimum atomic E-state index is -2.15. The zero-order chi connectivity index (χ0) is 46.3. The summed E-state index contributed by atoms with van der Waals surface area (Å²) in [6.07, 6.45) is 2.04. The molecule has 3 aromatic carbocycles. The number of benzene rings is 3. The fraction of sp³-hybridized carbons (Fsp3) is 0.383. The number of ether oxygens (including phenoxy) is 4. The van der Waals surface area contributed by atoms with Crippen LogP contribution in [0.4, 0.5) is 10.3 Å². The Kier molecular flexibility index (Phi) is 13.4. The van der Waals surface area contributed by atoms with Crippen LogP contribution in [-0.2, 0) is 22.4 Å². The summed E-state index contributed by atoms with van der Waals surface area (Å²) in [5.74, 6) is 0.0811. The molecular formula is C47H49Cl2FN7O7PS. The third-order valence-electron chi connectivity index (χ3n) is 12.4. The molecule has 0 aliphatic carbocycles. The number of halogens is 3. The molecule has 346 valence electrons. The molecule has 66 heavy (non-hydrogen) atoms. The van der Waals surface area contributed by atoms with Crippen molar-refractivity contribution in [2.45, 2.75) is 39.1 Å². The van der Waals surface area contributed by atoms with Crippen LogP contribution in [-0.4, -0.2) is 131 Å². The van der Waals surface area contributed by atoms with Crippen molar-refractivity contribution >= 4 is 63.8 Å². The van der Waals surface area contributed by atoms with E-state index in [2.05, 4.69) is 31.8 Å². The molecule has 14 nitrogen and oxygen atoms in total. The van der Waals surface area contributed by atoms with Crippen LogP contribution in [0.1, 0.15) is 22.4 Å². The molecule has 3 aromatic heterocycles. The van der Waals surface area contributed by atoms with Gasteiger partial charge in [0.15, 0.2) is 5.75 Å². The Bertz CT molecular complexity index is 2810. The van der Waals surface area contributed by atoms with Crippen molar-refractivity contribution in [3.8, 4) is 44.7 Å². The molecule has 1 N–H and O–H groups in total. The Balaban J connectivity index is 1.14. The number of likely N-dealkylation sites (N-methyl/N-ethyl adjacent to an activating group) is 1. The van der Waals surface area contributed by atoms with Crippen molar-refractivity contribution in [2.75, 3.05) is 83.4 Å². The van der Waals surface area contributed by atoms with Crippen LogP contribution >= 0.6 is 41.7 Å². The standard InChI is InChI=1S/C47H49Cl2FN7O7PS/c1-27-37-28(2)41(49)42(40(27)48)63-34(23-56-15-13-55(3)14-16-56)25-61-33-9-10-35(62-24-32-11-12-51-47(54-32)57-17-19-65(4,60)20-18-57)30(21-33)22-36(46(58)59)64-44-39-38(37)43(66-45(39)53-26-52-44)29-5-7-31(50)8-6-29/h5-12,21,26,34,36H,13-20,22-25H2,1-4H3,(H,58,59)/t34-,36-/m1/s1. The second-order valence-electron chi connectivity index (χ2n) is 17.2. The van der Waals surface area contributed by atoms with Crippen molar-refractivity contribution in [3.05, 3.63) is 99.3 Å². The topological polar surface area (TPSA) is 153 Å². The van der Waals surface area contributed by atoms with Gasteiger partial charge >= 0.3 is 5.97 Å². The third-order valence-corrected chi connectivity index (χ3v) is 16.8. The molecule has 0 unspecified atom stereocenters. The lowest BCUT2D eigenvalue weighted by Crippen LogP contribution is -2.49. The van der Waals surface area contributed by atoms with Crippen LogP contribution < -0.4 is 23.8 Å². The SMILES string of the molecule is Cc1c(Cl)c2c(Cl)c(C)c1-c1c(-c3ccc(F)cc3)sc3ncnc(c13)O[C@@H](C(=O)O)Cc1cc(ccc1OCc1ccnc(N3CCP(C)(=O)CC3)n1)OC[C@@H](CN1CCN(C)CC1)O2. The molecule has 19 heteroatoms. The van der Waals surface area contributed by atoms with Crippen LogP contribution in [0.3, 0.4) is 0 Å². The zero-order valence-electron chi connectivity index (χ0n) is 36.9. The van der Waals surface area contributed by atoms with E-state index >= 15 is 0 Å². The monoisotopic (exact) mass is 975 g/mol. The van der Waals surface area contributed by atoms with Crippen molar-refractivity contribution in [1.82, 2.24) is 29.7 Å². The Morgan fingerprint density at radius 3 is 2.39 bits per heavy atom. The average Bonchev–Trinajstić information content (AvgIpc) is 3.69. The highest BCUT2D eigenvalue weighted by atomic mass is 35.5. The van der Waals surface area contributed by atoms with Gasteiger partial charge in [0.2, 0.25) is 17.9 Å². The highest BCUT2D eigenvalue weighted by Crippen LogP contribution is 2.53. The highest BCUT2D eigenvalue weighted by molar-refractivity contribution is 7.63. The van der Waals surface area contributed by atoms with Crippen LogP contribution in [0, 0.1) is 19.7 Å². The lowest BCUT2D eigenvalue weighted by Gasteiger charge is -2.35. The van der Waals surface area contributed by atoms with E-state index in [-0.39, 0.29) is 25.5 Å². The molecular weight excluding hydrogens is 928 g/mol. The number of piperazine rings is 1. The van der Waals surface area contributed by atoms with E-state index in [1.807, 2.05) is 25.4 Å². The number of fused-ring (bicyclic) bond motifs is 7. The van der Waals surface area contributed by atoms with Crippen LogP contribution in [0.25, 0.3) is 31.8 Å². The first-order chi connectivity index (χ1) is 31.7. The zero-order valence-corrected chi connectivity index (χ0v) is 40.2. The summed E-state index contributed by atoms with van der Waals surface area (Å²) in [5.41, 5.74) is 4.36. The average molecular weight is 977 g/mol. The maximum Gasteiger partial charge on any atom is 0.345 e. The van der Waals surface area contributed by atoms with Gasteiger partial charge < -0.3 is 38.4 Å². The van der Waals surface area contributed by atoms with Gasteiger partial charge in [-0.2, -0.15) is 0 Å². The van der Waals surface area contributed by atoms with E-state index in [1.165, 1.54) is 29.8 Å². The van der Waals surface area contributed by atoms with Gasteiger partial charge in [-0.1, -0.05) is 35.3 Å². The molecule has 6 aromatic rings. The summed E-state index contributed by atoms with van der Waals surface area (Å²) in [4.78, 5) is 39.6. The molecule has 0 amide bonds. The second kappa shape index (κ2) is 19.3. The first-order valence-electron chi connectivity index (χ1n) is 21.7. The second-order valence-corrected chi connectivity index (χ2v) is 22.4. The number of carboxylic acids is 1. The molecule has 0 spiro atoms. The number of anilines is 1. The molecule has 4 aliphatic rings. The number of thiophene rings is 1. The number of aliphatic carboxylic acids is 1. The third kappa shape index (κ3) is 9.81. The van der Waals surface area contributed by atoms with Gasteiger partial charge in [0, 0.05) is 86.8 Å². The Labute approximate surface area is 396 Å². The molecule has 0 radical (unpaired) electrons. The van der Waals surface area contributed by atoms with Crippen molar-refractivity contribution in [3.63, 3.8) is 0 Å². The van der Waals surface area contributed by atoms with Crippen molar-refractivity contribution < 1.29 is 37.8 Å². The van der Waals surface area contributed by atoms with Gasteiger partial charge in [-0.15, -0.1) is 11.3 Å². The van der Waals surface area contributed by atoms with Gasteiger partial charge in [-0.05, 0) is 86.2 Å². The minimum Gasteiger partial charge on any atom is -0.490 e. The molecule has 0 saturated carbocycles. The van der Waals surface area contributed by atoms with E-state index in [1.54, 1.807) is 42.6 Å². The summed E-state index contributed by atoms with van der Waals surface area (Å²) >= 11 is 16.0. The summed E-state index contributed by atoms with van der Waals surface area (Å²) in [5, 5.41) is 11.9. The van der Waals surface area contributed by atoms with Crippen LogP contribution in [0.2, 0.25) is 10.0 Å². The van der Waals surface area contributed by atoms with E-state index in [4.69, 9.17) is 47.1 Å². The molecule has 4 bridgehead atoms. The molecule has 2 fully saturated rings. The summed E-state index contributed by atoms with van der Waals surface area (Å²) in [7, 11) is -0.0548. The molecule has 4 aliphatic heterocycles. The summed E-state index contributed by atoms with van der Waals surface area (Å²) in [6, 6.07) is 13.1. The summed E-state index contributed by atoms with van der Waals surface area (Å²) in [6.45, 7) is 10.9. The fourth-order valence-electron chi connectivity index (χ4n) is 8.57. The maximum absolute atomic E-state index is 14.4. The van der Waals surface area contributed by atoms with Crippen molar-refractivity contribution in [2.24, 2.45) is 0 Å². The smallest absolute Gasteiger partial charge is 0.345 e. The van der Waals surface area contributed by atoms with E-state index in [0.29, 0.717) is 119 Å². The van der Waals surface area contributed by atoms with Gasteiger partial charge in [0.1, 0.15) is 47.8 Å². The summed E-state index contributed by atoms with van der Waals surface area (Å²) < 4.78 is 53.3. The van der Waals surface area contributed by atoms with Gasteiger partial charge in [0.05, 0.1) is 28.3 Å². The molecule has 10 rings (SSSR count). The number of carbonyl (C=O) groups is 1. The fourth-order valence-corrected chi connectivity index (χ4v) is 11.8. The normalized spacial score (nSPS) is 19.2. The van der Waals surface area contributed by atoms with Crippen LogP contribution in [0.15, 0.2) is 61.1 Å². The Morgan fingerprint density at radius 1 is 0.955 bits per heavy atom. The number of carboxylic acid groups (broad SMARTS) is 1. The highest BCUT2D eigenvalue weighted by Gasteiger charge is 2.32. The number of aromatic nitrogens is 4. The number of nitrogens with zero attached hydrogens (tertiary/aromatic N) is 7. The first-order valence-corrected chi connectivity index (χ1v) is 25.8. The molecule has 7 heterocycles. The quantitative estimate of drug-likeness (QED) is 0.145. The lowest BCUT2D eigenvalue weighted by molar-refractivity contribution is -0.145. The number of hydrogen-bond donors (Lipinski definition) is 1. The predicted molar refractivity (Wildman–Crippen MR) is 256 cm³/mol. The van der Waals surface area contributed by atoms with Gasteiger partial charge in [-0.25, -0.2) is 29.1 Å². The van der Waals surface area contributed by atoms with Gasteiger partial charge in [0.25, 0.3) is 0 Å². The molecule has 2 saturated heterocycles. The lowest BCUT2D eigenvalue weighted by atomic mass is 9.92. The van der Waals surface area contributed by atoms with Gasteiger partial charge in [-0.3, -0.25) is 4.90 Å². The number of hydrogen-bond acceptors (Lipinski definition) is 14. The molecule has 2 atom stereocenters. The first kappa shape index (κ1) is 46.0. The Morgan fingerprint density at radius 2 is 1.68 bits per heavy atom. The van der Waals surface area contributed by atoms with E-state index in [0.717, 1.165) is 26.2 Å². The maximum atomic E-state index is 14.4. The predicted octanol–water partition coefficient (Wildman–Crippen LogP) is 8.73. The number of rotatable bonds is 8.